The Bertz CT molecular complexity index is 1360. The molecule has 2 aromatic carbocycles. The topological polar surface area (TPSA) is 77.1 Å². The van der Waals surface area contributed by atoms with Gasteiger partial charge in [0, 0.05) is 25.8 Å². The molecule has 4 rings (SSSR count). The number of aliphatic hydroxyl groups excluding tert-OH is 1. The van der Waals surface area contributed by atoms with Crippen LogP contribution in [0.1, 0.15) is 17.5 Å². The van der Waals surface area contributed by atoms with Crippen LogP contribution in [-0.4, -0.2) is 25.8 Å². The number of benzene rings is 2. The molecular weight excluding hydrogens is 397 g/mol. The molecule has 0 atom stereocenters. The molecule has 4 aromatic rings. The highest BCUT2D eigenvalue weighted by Crippen LogP contribution is 2.28. The summed E-state index contributed by atoms with van der Waals surface area (Å²) in [6.07, 6.45) is 0.741. The van der Waals surface area contributed by atoms with Crippen LogP contribution in [0, 0.1) is 5.82 Å². The maximum absolute atomic E-state index is 14.7. The summed E-state index contributed by atoms with van der Waals surface area (Å²) in [5.41, 5.74) is 1.61. The molecule has 0 spiro atoms. The van der Waals surface area contributed by atoms with E-state index in [0.29, 0.717) is 23.2 Å². The molecule has 0 radical (unpaired) electrons. The molecule has 7 heteroatoms. The largest absolute Gasteiger partial charge is 0.396 e. The smallest absolute Gasteiger partial charge is 0.332 e. The monoisotopic (exact) mass is 419 g/mol. The first-order chi connectivity index (χ1) is 15.0. The van der Waals surface area contributed by atoms with E-state index in [1.54, 1.807) is 24.3 Å². The number of hydrogen-bond donors (Lipinski definition) is 1. The first-order valence-electron chi connectivity index (χ1n) is 10.0. The van der Waals surface area contributed by atoms with Gasteiger partial charge in [-0.3, -0.25) is 13.9 Å². The summed E-state index contributed by atoms with van der Waals surface area (Å²) < 4.78 is 17.1. The van der Waals surface area contributed by atoms with E-state index < -0.39 is 17.1 Å². The lowest BCUT2D eigenvalue weighted by molar-refractivity contribution is 0.277. The molecule has 0 saturated heterocycles. The van der Waals surface area contributed by atoms with Gasteiger partial charge in [0.15, 0.2) is 0 Å². The van der Waals surface area contributed by atoms with Crippen molar-refractivity contribution in [2.45, 2.75) is 19.4 Å². The van der Waals surface area contributed by atoms with Crippen molar-refractivity contribution in [2.24, 2.45) is 7.05 Å². The Labute approximate surface area is 177 Å². The highest BCUT2D eigenvalue weighted by Gasteiger charge is 2.18. The van der Waals surface area contributed by atoms with E-state index in [1.165, 1.54) is 17.7 Å². The molecule has 0 aliphatic heterocycles. The fourth-order valence-electron chi connectivity index (χ4n) is 3.73. The second-order valence-corrected chi connectivity index (χ2v) is 7.39. The van der Waals surface area contributed by atoms with Crippen LogP contribution in [-0.2, 0) is 20.0 Å². The number of rotatable bonds is 6. The minimum absolute atomic E-state index is 0.112. The van der Waals surface area contributed by atoms with Crippen molar-refractivity contribution in [2.75, 3.05) is 6.61 Å². The standard InChI is InChI=1S/C24H22FN3O3/c1-27-22-19(23(30)28(24(27)31)12-7-13-29)15-17(14-16-8-3-2-4-9-16)21(26-22)18-10-5-6-11-20(18)25/h2-6,8-11,15,29H,7,12-14H2,1H3. The summed E-state index contributed by atoms with van der Waals surface area (Å²) in [5.74, 6) is -0.426. The van der Waals surface area contributed by atoms with Gasteiger partial charge < -0.3 is 5.11 Å². The molecule has 31 heavy (non-hydrogen) atoms. The van der Waals surface area contributed by atoms with Crippen LogP contribution in [0.25, 0.3) is 22.3 Å². The third-order valence-corrected chi connectivity index (χ3v) is 5.30. The van der Waals surface area contributed by atoms with Gasteiger partial charge in [0.05, 0.1) is 11.1 Å². The van der Waals surface area contributed by atoms with Gasteiger partial charge in [0.2, 0.25) is 0 Å². The minimum Gasteiger partial charge on any atom is -0.396 e. The van der Waals surface area contributed by atoms with E-state index in [1.807, 2.05) is 30.3 Å². The number of hydrogen-bond acceptors (Lipinski definition) is 4. The molecular formula is C24H22FN3O3. The Morgan fingerprint density at radius 2 is 1.74 bits per heavy atom. The van der Waals surface area contributed by atoms with Gasteiger partial charge in [-0.05, 0) is 42.2 Å². The van der Waals surface area contributed by atoms with Crippen LogP contribution >= 0.6 is 0 Å². The molecule has 6 nitrogen and oxygen atoms in total. The number of pyridine rings is 1. The Morgan fingerprint density at radius 3 is 2.45 bits per heavy atom. The molecule has 0 saturated carbocycles. The predicted molar refractivity (Wildman–Crippen MR) is 118 cm³/mol. The average molecular weight is 419 g/mol. The number of aliphatic hydroxyl groups is 1. The van der Waals surface area contributed by atoms with Gasteiger partial charge in [-0.2, -0.15) is 0 Å². The van der Waals surface area contributed by atoms with Crippen LogP contribution in [0.15, 0.2) is 70.3 Å². The third-order valence-electron chi connectivity index (χ3n) is 5.30. The van der Waals surface area contributed by atoms with Gasteiger partial charge in [0.1, 0.15) is 11.5 Å². The molecule has 0 aliphatic carbocycles. The van der Waals surface area contributed by atoms with E-state index in [4.69, 9.17) is 5.11 Å². The lowest BCUT2D eigenvalue weighted by Crippen LogP contribution is -2.39. The minimum atomic E-state index is -0.520. The summed E-state index contributed by atoms with van der Waals surface area (Å²) in [6.45, 7) is -0.0155. The fraction of sp³-hybridized carbons (Fsp3) is 0.208. The first kappa shape index (κ1) is 20.7. The Balaban J connectivity index is 2.02. The molecule has 0 aliphatic rings. The molecule has 2 heterocycles. The quantitative estimate of drug-likeness (QED) is 0.521. The second-order valence-electron chi connectivity index (χ2n) is 7.39. The van der Waals surface area contributed by atoms with E-state index in [2.05, 4.69) is 4.98 Å². The fourth-order valence-corrected chi connectivity index (χ4v) is 3.73. The van der Waals surface area contributed by atoms with Crippen LogP contribution in [0.3, 0.4) is 0 Å². The van der Waals surface area contributed by atoms with Crippen molar-refractivity contribution >= 4 is 11.0 Å². The van der Waals surface area contributed by atoms with E-state index in [-0.39, 0.29) is 30.6 Å². The first-order valence-corrected chi connectivity index (χ1v) is 10.0. The molecule has 2 aromatic heterocycles. The van der Waals surface area contributed by atoms with Crippen molar-refractivity contribution in [3.63, 3.8) is 0 Å². The van der Waals surface area contributed by atoms with Crippen LogP contribution in [0.5, 0.6) is 0 Å². The van der Waals surface area contributed by atoms with Gasteiger partial charge in [-0.25, -0.2) is 14.2 Å². The lowest BCUT2D eigenvalue weighted by Gasteiger charge is -2.15. The van der Waals surface area contributed by atoms with Crippen molar-refractivity contribution in [3.8, 4) is 11.3 Å². The molecule has 0 amide bonds. The summed E-state index contributed by atoms with van der Waals surface area (Å²) >= 11 is 0. The van der Waals surface area contributed by atoms with Crippen molar-refractivity contribution in [3.05, 3.63) is 98.4 Å². The van der Waals surface area contributed by atoms with Gasteiger partial charge >= 0.3 is 5.69 Å². The third kappa shape index (κ3) is 3.92. The normalized spacial score (nSPS) is 11.2. The highest BCUT2D eigenvalue weighted by atomic mass is 19.1. The van der Waals surface area contributed by atoms with E-state index >= 15 is 0 Å². The summed E-state index contributed by atoms with van der Waals surface area (Å²) in [7, 11) is 1.54. The summed E-state index contributed by atoms with van der Waals surface area (Å²) in [6, 6.07) is 17.7. The van der Waals surface area contributed by atoms with Gasteiger partial charge in [-0.1, -0.05) is 42.5 Å². The van der Waals surface area contributed by atoms with Crippen molar-refractivity contribution < 1.29 is 9.50 Å². The van der Waals surface area contributed by atoms with Crippen molar-refractivity contribution in [1.29, 1.82) is 0 Å². The summed E-state index contributed by atoms with van der Waals surface area (Å²) in [5, 5.41) is 9.40. The average Bonchev–Trinajstić information content (AvgIpc) is 2.78. The molecule has 0 unspecified atom stereocenters. The predicted octanol–water partition coefficient (Wildman–Crippen LogP) is 2.87. The number of halogens is 1. The van der Waals surface area contributed by atoms with Crippen LogP contribution < -0.4 is 11.2 Å². The Kier molecular flexibility index (Phi) is 5.77. The number of aromatic nitrogens is 3. The zero-order chi connectivity index (χ0) is 22.0. The molecule has 158 valence electrons. The van der Waals surface area contributed by atoms with Gasteiger partial charge in [-0.15, -0.1) is 0 Å². The Hall–Kier alpha value is -3.58. The second kappa shape index (κ2) is 8.65. The van der Waals surface area contributed by atoms with E-state index in [0.717, 1.165) is 10.1 Å². The lowest BCUT2D eigenvalue weighted by atomic mass is 9.98. The molecule has 1 N–H and O–H groups in total. The maximum atomic E-state index is 14.7. The number of nitrogens with zero attached hydrogens (tertiary/aromatic N) is 3. The van der Waals surface area contributed by atoms with Crippen molar-refractivity contribution in [1.82, 2.24) is 14.1 Å². The summed E-state index contributed by atoms with van der Waals surface area (Å²) in [4.78, 5) is 30.4. The Morgan fingerprint density at radius 1 is 1.03 bits per heavy atom. The van der Waals surface area contributed by atoms with E-state index in [9.17, 15) is 14.0 Å². The van der Waals surface area contributed by atoms with Crippen LogP contribution in [0.2, 0.25) is 0 Å². The zero-order valence-electron chi connectivity index (χ0n) is 17.1. The van der Waals surface area contributed by atoms with Crippen LogP contribution in [0.4, 0.5) is 4.39 Å². The number of aryl methyl sites for hydroxylation is 1. The maximum Gasteiger partial charge on any atom is 0.332 e. The van der Waals surface area contributed by atoms with Gasteiger partial charge in [0.25, 0.3) is 5.56 Å². The molecule has 0 fully saturated rings. The highest BCUT2D eigenvalue weighted by molar-refractivity contribution is 5.80. The number of fused-ring (bicyclic) bond motifs is 1. The zero-order valence-corrected chi connectivity index (χ0v) is 17.1. The SMILES string of the molecule is Cn1c(=O)n(CCCO)c(=O)c2cc(Cc3ccccc3)c(-c3ccccc3F)nc21. The molecule has 0 bridgehead atoms.